The average Bonchev–Trinajstić information content (AvgIpc) is 3.18. The third kappa shape index (κ3) is 6.95. The molecule has 2 aromatic carbocycles. The van der Waals surface area contributed by atoms with Crippen LogP contribution in [0.25, 0.3) is 5.76 Å². The minimum atomic E-state index is -1.35. The van der Waals surface area contributed by atoms with Gasteiger partial charge in [-0.2, -0.15) is 0 Å². The molecule has 0 spiro atoms. The van der Waals surface area contributed by atoms with E-state index in [1.165, 1.54) is 0 Å². The fourth-order valence-electron chi connectivity index (χ4n) is 5.05. The van der Waals surface area contributed by atoms with Gasteiger partial charge in [-0.3, -0.25) is 9.69 Å². The molecule has 1 fully saturated rings. The lowest BCUT2D eigenvalue weighted by Gasteiger charge is -2.29. The lowest BCUT2D eigenvalue weighted by molar-refractivity contribution is -0.127. The molecular weight excluding hydrogens is 480 g/mol. The molecule has 3 rings (SSSR count). The van der Waals surface area contributed by atoms with Gasteiger partial charge in [-0.1, -0.05) is 56.5 Å². The van der Waals surface area contributed by atoms with Crippen LogP contribution < -0.4 is 9.47 Å². The zero-order valence-corrected chi connectivity index (χ0v) is 23.6. The second kappa shape index (κ2) is 14.3. The van der Waals surface area contributed by atoms with Crippen LogP contribution in [0.3, 0.4) is 0 Å². The van der Waals surface area contributed by atoms with Crippen molar-refractivity contribution in [1.29, 1.82) is 0 Å². The summed E-state index contributed by atoms with van der Waals surface area (Å²) in [6.07, 6.45) is 4.02. The van der Waals surface area contributed by atoms with E-state index in [0.29, 0.717) is 29.2 Å². The maximum absolute atomic E-state index is 13.5. The predicted molar refractivity (Wildman–Crippen MR) is 152 cm³/mol. The smallest absolute Gasteiger partial charge is 0.208 e. The van der Waals surface area contributed by atoms with Gasteiger partial charge in [0.1, 0.15) is 17.3 Å². The number of ether oxygens (including phenoxy) is 2. The first-order chi connectivity index (χ1) is 18.4. The Morgan fingerprint density at radius 3 is 2.16 bits per heavy atom. The second-order valence-electron chi connectivity index (χ2n) is 10.0. The molecule has 7 nitrogen and oxygen atoms in total. The quantitative estimate of drug-likeness (QED) is 0.249. The summed E-state index contributed by atoms with van der Waals surface area (Å²) < 4.78 is 11.1. The van der Waals surface area contributed by atoms with Gasteiger partial charge in [0.25, 0.3) is 0 Å². The minimum Gasteiger partial charge on any atom is -0.507 e. The number of unbranched alkanes of at least 4 members (excludes halogenated alkanes) is 2. The van der Waals surface area contributed by atoms with E-state index in [2.05, 4.69) is 18.7 Å². The predicted octanol–water partition coefficient (Wildman–Crippen LogP) is 5.52. The molecule has 2 unspecified atom stereocenters. The zero-order valence-electron chi connectivity index (χ0n) is 23.6. The van der Waals surface area contributed by atoms with Crippen LogP contribution in [0, 0.1) is 6.92 Å². The SMILES string of the molecule is CCCCN(CCCC)CCCN1C(O)C(=O)/C(=C(\O)c2ccc(C)cc2)C1c1ccc(OC)cc1OC. The molecule has 0 amide bonds. The number of hydrogen-bond acceptors (Lipinski definition) is 7. The Kier molecular flexibility index (Phi) is 11.2. The third-order valence-corrected chi connectivity index (χ3v) is 7.28. The average molecular weight is 525 g/mol. The molecule has 2 aromatic rings. The molecule has 2 N–H and O–H groups in total. The van der Waals surface area contributed by atoms with E-state index in [4.69, 9.17) is 9.47 Å². The van der Waals surface area contributed by atoms with Crippen molar-refractivity contribution in [3.8, 4) is 11.5 Å². The molecule has 1 saturated heterocycles. The highest BCUT2D eigenvalue weighted by atomic mass is 16.5. The molecule has 0 aliphatic carbocycles. The van der Waals surface area contributed by atoms with Crippen molar-refractivity contribution < 1.29 is 24.5 Å². The number of Topliss-reactive ketones (excluding diaryl/α,β-unsaturated/α-hetero) is 1. The highest BCUT2D eigenvalue weighted by Crippen LogP contribution is 2.45. The Labute approximate surface area is 227 Å². The summed E-state index contributed by atoms with van der Waals surface area (Å²) in [5.74, 6) is 0.549. The van der Waals surface area contributed by atoms with Gasteiger partial charge >= 0.3 is 0 Å². The van der Waals surface area contributed by atoms with Gasteiger partial charge in [-0.15, -0.1) is 0 Å². The normalized spacial score (nSPS) is 19.3. The Morgan fingerprint density at radius 1 is 0.947 bits per heavy atom. The topological polar surface area (TPSA) is 82.5 Å². The van der Waals surface area contributed by atoms with Crippen LogP contribution >= 0.6 is 0 Å². The van der Waals surface area contributed by atoms with Gasteiger partial charge in [0, 0.05) is 23.7 Å². The van der Waals surface area contributed by atoms with Crippen LogP contribution in [0.4, 0.5) is 0 Å². The molecular formula is C31H44N2O5. The zero-order chi connectivity index (χ0) is 27.7. The number of ketones is 1. The Balaban J connectivity index is 1.99. The number of aliphatic hydroxyl groups excluding tert-OH is 2. The number of hydrogen-bond donors (Lipinski definition) is 2. The van der Waals surface area contributed by atoms with Crippen molar-refractivity contribution in [1.82, 2.24) is 9.80 Å². The first kappa shape index (κ1) is 29.7. The summed E-state index contributed by atoms with van der Waals surface area (Å²) in [4.78, 5) is 17.8. The molecule has 7 heteroatoms. The van der Waals surface area contributed by atoms with Gasteiger partial charge in [-0.25, -0.2) is 0 Å². The fraction of sp³-hybridized carbons (Fsp3) is 0.516. The van der Waals surface area contributed by atoms with Gasteiger partial charge in [0.05, 0.1) is 25.8 Å². The largest absolute Gasteiger partial charge is 0.507 e. The maximum Gasteiger partial charge on any atom is 0.208 e. The van der Waals surface area contributed by atoms with Crippen LogP contribution in [0.1, 0.15) is 68.7 Å². The molecule has 1 aliphatic rings. The summed E-state index contributed by atoms with van der Waals surface area (Å²) in [6, 6.07) is 12.1. The number of nitrogens with zero attached hydrogens (tertiary/aromatic N) is 2. The number of benzene rings is 2. The van der Waals surface area contributed by atoms with Crippen molar-refractivity contribution in [2.24, 2.45) is 0 Å². The monoisotopic (exact) mass is 524 g/mol. The fourth-order valence-corrected chi connectivity index (χ4v) is 5.05. The van der Waals surface area contributed by atoms with E-state index in [9.17, 15) is 15.0 Å². The number of methoxy groups -OCH3 is 2. The summed E-state index contributed by atoms with van der Waals surface area (Å²) in [7, 11) is 3.15. The highest BCUT2D eigenvalue weighted by molar-refractivity contribution is 6.07. The second-order valence-corrected chi connectivity index (χ2v) is 10.0. The van der Waals surface area contributed by atoms with Crippen LogP contribution in [0.5, 0.6) is 11.5 Å². The Bertz CT molecular complexity index is 1070. The van der Waals surface area contributed by atoms with Gasteiger partial charge in [0.15, 0.2) is 6.23 Å². The Morgan fingerprint density at radius 2 is 1.58 bits per heavy atom. The number of carbonyl (C=O) groups excluding carboxylic acids is 1. The summed E-state index contributed by atoms with van der Waals surface area (Å²) in [5.41, 5.74) is 2.46. The number of aliphatic hydroxyl groups is 2. The number of carbonyl (C=O) groups is 1. The summed E-state index contributed by atoms with van der Waals surface area (Å²) in [6.45, 7) is 9.84. The molecule has 2 atom stereocenters. The van der Waals surface area contributed by atoms with Crippen molar-refractivity contribution in [2.75, 3.05) is 40.4 Å². The first-order valence-corrected chi connectivity index (χ1v) is 13.8. The molecule has 0 radical (unpaired) electrons. The van der Waals surface area contributed by atoms with Crippen LogP contribution in [0.15, 0.2) is 48.0 Å². The van der Waals surface area contributed by atoms with Crippen molar-refractivity contribution >= 4 is 11.5 Å². The standard InChI is InChI=1S/C31H44N2O5/c1-6-8-17-32(18-9-7-2)19-10-20-33-28(25-16-15-24(37-4)21-26(25)38-5)27(30(35)31(33)36)29(34)23-13-11-22(3)12-14-23/h11-16,21,28,31,34,36H,6-10,17-20H2,1-5H3/b29-27-. The van der Waals surface area contributed by atoms with E-state index in [0.717, 1.165) is 57.3 Å². The van der Waals surface area contributed by atoms with E-state index < -0.39 is 18.1 Å². The summed E-state index contributed by atoms with van der Waals surface area (Å²) >= 11 is 0. The lowest BCUT2D eigenvalue weighted by Crippen LogP contribution is -2.37. The molecule has 0 aromatic heterocycles. The molecule has 1 aliphatic heterocycles. The van der Waals surface area contributed by atoms with Gasteiger partial charge < -0.3 is 24.6 Å². The first-order valence-electron chi connectivity index (χ1n) is 13.8. The van der Waals surface area contributed by atoms with Crippen LogP contribution in [-0.4, -0.2) is 72.4 Å². The van der Waals surface area contributed by atoms with E-state index >= 15 is 0 Å². The molecule has 208 valence electrons. The molecule has 38 heavy (non-hydrogen) atoms. The van der Waals surface area contributed by atoms with Crippen molar-refractivity contribution in [3.63, 3.8) is 0 Å². The van der Waals surface area contributed by atoms with E-state index in [-0.39, 0.29) is 11.3 Å². The lowest BCUT2D eigenvalue weighted by atomic mass is 9.94. The number of aryl methyl sites for hydroxylation is 1. The molecule has 1 heterocycles. The maximum atomic E-state index is 13.5. The van der Waals surface area contributed by atoms with E-state index in [1.54, 1.807) is 37.3 Å². The summed E-state index contributed by atoms with van der Waals surface area (Å²) in [5, 5.41) is 22.5. The van der Waals surface area contributed by atoms with Crippen molar-refractivity contribution in [3.05, 3.63) is 64.7 Å². The van der Waals surface area contributed by atoms with Gasteiger partial charge in [0.2, 0.25) is 5.78 Å². The number of likely N-dealkylation sites (tertiary alicyclic amines) is 1. The van der Waals surface area contributed by atoms with Crippen LogP contribution in [0.2, 0.25) is 0 Å². The molecule has 0 saturated carbocycles. The number of rotatable bonds is 14. The highest BCUT2D eigenvalue weighted by Gasteiger charge is 2.47. The van der Waals surface area contributed by atoms with Crippen molar-refractivity contribution in [2.45, 2.75) is 65.1 Å². The molecule has 0 bridgehead atoms. The third-order valence-electron chi connectivity index (χ3n) is 7.28. The Hall–Kier alpha value is -2.87. The van der Waals surface area contributed by atoms with Gasteiger partial charge in [-0.05, 0) is 58.0 Å². The minimum absolute atomic E-state index is 0.119. The van der Waals surface area contributed by atoms with E-state index in [1.807, 2.05) is 31.2 Å². The van der Waals surface area contributed by atoms with Crippen LogP contribution in [-0.2, 0) is 4.79 Å².